The number of ether oxygens (including phenoxy) is 3. The van der Waals surface area contributed by atoms with Crippen LogP contribution in [-0.2, 0) is 7.05 Å². The molecule has 0 amide bonds. The summed E-state index contributed by atoms with van der Waals surface area (Å²) in [7, 11) is 7.93. The van der Waals surface area contributed by atoms with Crippen molar-refractivity contribution in [3.8, 4) is 23.0 Å². The summed E-state index contributed by atoms with van der Waals surface area (Å²) in [6.45, 7) is 0. The summed E-state index contributed by atoms with van der Waals surface area (Å²) in [6, 6.07) is 5.40. The van der Waals surface area contributed by atoms with Crippen LogP contribution in [0.5, 0.6) is 23.0 Å². The molecule has 0 fully saturated rings. The van der Waals surface area contributed by atoms with Crippen molar-refractivity contribution in [3.05, 3.63) is 28.4 Å². The lowest BCUT2D eigenvalue weighted by Gasteiger charge is -2.19. The van der Waals surface area contributed by atoms with Gasteiger partial charge in [0.05, 0.1) is 32.2 Å². The summed E-state index contributed by atoms with van der Waals surface area (Å²) >= 11 is 0. The Labute approximate surface area is 144 Å². The molecule has 0 saturated carbocycles. The van der Waals surface area contributed by atoms with Crippen molar-refractivity contribution in [3.63, 3.8) is 0 Å². The van der Waals surface area contributed by atoms with Crippen LogP contribution in [0.1, 0.15) is 0 Å². The van der Waals surface area contributed by atoms with Crippen molar-refractivity contribution >= 4 is 27.5 Å². The van der Waals surface area contributed by atoms with E-state index in [0.29, 0.717) is 22.2 Å². The van der Waals surface area contributed by atoms with Crippen molar-refractivity contribution in [2.24, 2.45) is 7.05 Å². The van der Waals surface area contributed by atoms with Crippen LogP contribution in [0.15, 0.2) is 23.0 Å². The third-order valence-corrected chi connectivity index (χ3v) is 4.38. The maximum absolute atomic E-state index is 13.1. The molecule has 7 nitrogen and oxygen atoms in total. The number of methoxy groups -OCH3 is 3. The van der Waals surface area contributed by atoms with E-state index in [2.05, 4.69) is 5.32 Å². The number of rotatable bonds is 4. The molecule has 0 atom stereocenters. The Morgan fingerprint density at radius 2 is 1.68 bits per heavy atom. The van der Waals surface area contributed by atoms with Gasteiger partial charge in [0.25, 0.3) is 0 Å². The zero-order valence-electron chi connectivity index (χ0n) is 14.8. The topological polar surface area (TPSA) is 82.0 Å². The number of pyridine rings is 1. The molecule has 7 heteroatoms. The molecule has 3 rings (SSSR count). The van der Waals surface area contributed by atoms with E-state index in [4.69, 9.17) is 14.2 Å². The van der Waals surface area contributed by atoms with Crippen LogP contribution in [0.4, 0.5) is 5.69 Å². The van der Waals surface area contributed by atoms with Crippen LogP contribution < -0.4 is 25.0 Å². The Morgan fingerprint density at radius 3 is 2.24 bits per heavy atom. The number of hydrogen-bond donors (Lipinski definition) is 2. The fourth-order valence-corrected chi connectivity index (χ4v) is 3.17. The normalized spacial score (nSPS) is 10.9. The highest BCUT2D eigenvalue weighted by Crippen LogP contribution is 2.49. The lowest BCUT2D eigenvalue weighted by molar-refractivity contribution is 0.313. The number of nitrogens with one attached hydrogen (secondary N) is 1. The quantitative estimate of drug-likeness (QED) is 0.708. The van der Waals surface area contributed by atoms with Crippen molar-refractivity contribution in [2.75, 3.05) is 33.7 Å². The average Bonchev–Trinajstić information content (AvgIpc) is 2.64. The van der Waals surface area contributed by atoms with Gasteiger partial charge in [-0.15, -0.1) is 0 Å². The SMILES string of the molecule is CNc1ccc2c(=O)c3c(O)c(OC)c(OC)c(OC)c3n(C)c2c1. The van der Waals surface area contributed by atoms with Crippen molar-refractivity contribution in [1.29, 1.82) is 0 Å². The van der Waals surface area contributed by atoms with Crippen LogP contribution in [-0.4, -0.2) is 38.1 Å². The summed E-state index contributed by atoms with van der Waals surface area (Å²) in [6.07, 6.45) is 0. The number of fused-ring (bicyclic) bond motifs is 2. The molecule has 1 heterocycles. The summed E-state index contributed by atoms with van der Waals surface area (Å²) in [5.41, 5.74) is 1.70. The summed E-state index contributed by atoms with van der Waals surface area (Å²) in [4.78, 5) is 13.1. The second kappa shape index (κ2) is 6.08. The minimum atomic E-state index is -0.303. The predicted molar refractivity (Wildman–Crippen MR) is 97.6 cm³/mol. The summed E-state index contributed by atoms with van der Waals surface area (Å²) < 4.78 is 17.9. The molecular formula is C18H20N2O5. The van der Waals surface area contributed by atoms with E-state index in [1.165, 1.54) is 21.3 Å². The third kappa shape index (κ3) is 2.23. The number of benzene rings is 2. The van der Waals surface area contributed by atoms with Crippen LogP contribution in [0.2, 0.25) is 0 Å². The second-order valence-corrected chi connectivity index (χ2v) is 5.54. The van der Waals surface area contributed by atoms with Gasteiger partial charge in [-0.25, -0.2) is 0 Å². The minimum Gasteiger partial charge on any atom is -0.504 e. The Hall–Kier alpha value is -3.09. The standard InChI is InChI=1S/C18H20N2O5/c1-19-9-6-7-10-11(8-9)20(2)13-12(14(10)21)15(22)17(24-4)18(25-5)16(13)23-3/h6-8,19,22H,1-5H3. The molecule has 0 radical (unpaired) electrons. The third-order valence-electron chi connectivity index (χ3n) is 4.38. The molecule has 0 bridgehead atoms. The largest absolute Gasteiger partial charge is 0.504 e. The van der Waals surface area contributed by atoms with E-state index in [0.717, 1.165) is 5.69 Å². The number of aromatic nitrogens is 1. The number of aromatic hydroxyl groups is 1. The van der Waals surface area contributed by atoms with Crippen molar-refractivity contribution in [2.45, 2.75) is 0 Å². The van der Waals surface area contributed by atoms with Gasteiger partial charge < -0.3 is 29.2 Å². The molecule has 3 aromatic rings. The van der Waals surface area contributed by atoms with Crippen LogP contribution >= 0.6 is 0 Å². The minimum absolute atomic E-state index is 0.0649. The predicted octanol–water partition coefficient (Wildman–Crippen LogP) is 2.46. The average molecular weight is 344 g/mol. The van der Waals surface area contributed by atoms with E-state index in [-0.39, 0.29) is 28.1 Å². The highest BCUT2D eigenvalue weighted by atomic mass is 16.5. The number of anilines is 1. The number of hydrogen-bond acceptors (Lipinski definition) is 6. The first-order valence-electron chi connectivity index (χ1n) is 7.65. The van der Waals surface area contributed by atoms with E-state index in [1.54, 1.807) is 24.7 Å². The van der Waals surface area contributed by atoms with E-state index < -0.39 is 0 Å². The Bertz CT molecular complexity index is 1040. The van der Waals surface area contributed by atoms with Gasteiger partial charge in [0, 0.05) is 25.2 Å². The number of aryl methyl sites for hydroxylation is 1. The van der Waals surface area contributed by atoms with Crippen molar-refractivity contribution < 1.29 is 19.3 Å². The first-order chi connectivity index (χ1) is 12.0. The van der Waals surface area contributed by atoms with Crippen molar-refractivity contribution in [1.82, 2.24) is 4.57 Å². The monoisotopic (exact) mass is 344 g/mol. The molecule has 0 unspecified atom stereocenters. The zero-order valence-corrected chi connectivity index (χ0v) is 14.8. The smallest absolute Gasteiger partial charge is 0.209 e. The highest BCUT2D eigenvalue weighted by molar-refractivity contribution is 6.03. The van der Waals surface area contributed by atoms with Gasteiger partial charge in [-0.1, -0.05) is 0 Å². The van der Waals surface area contributed by atoms with Gasteiger partial charge in [0.15, 0.2) is 11.5 Å². The summed E-state index contributed by atoms with van der Waals surface area (Å²) in [5.74, 6) is 0.350. The molecule has 0 saturated heterocycles. The lowest BCUT2D eigenvalue weighted by Crippen LogP contribution is -2.12. The molecule has 0 aliphatic carbocycles. The summed E-state index contributed by atoms with van der Waals surface area (Å²) in [5, 5.41) is 14.3. The van der Waals surface area contributed by atoms with Gasteiger partial charge in [-0.2, -0.15) is 0 Å². The Kier molecular flexibility index (Phi) is 4.08. The van der Waals surface area contributed by atoms with Crippen LogP contribution in [0, 0.1) is 0 Å². The van der Waals surface area contributed by atoms with E-state index in [1.807, 2.05) is 12.1 Å². The Balaban J connectivity index is 2.67. The first-order valence-corrected chi connectivity index (χ1v) is 7.65. The fourth-order valence-electron chi connectivity index (χ4n) is 3.17. The maximum Gasteiger partial charge on any atom is 0.209 e. The highest BCUT2D eigenvalue weighted by Gasteiger charge is 2.26. The van der Waals surface area contributed by atoms with Gasteiger partial charge in [0.1, 0.15) is 5.52 Å². The molecule has 0 aliphatic rings. The molecule has 1 aromatic heterocycles. The zero-order chi connectivity index (χ0) is 18.3. The van der Waals surface area contributed by atoms with Gasteiger partial charge in [-0.3, -0.25) is 4.79 Å². The molecular weight excluding hydrogens is 324 g/mol. The molecule has 25 heavy (non-hydrogen) atoms. The van der Waals surface area contributed by atoms with E-state index in [9.17, 15) is 9.90 Å². The second-order valence-electron chi connectivity index (χ2n) is 5.54. The van der Waals surface area contributed by atoms with Crippen LogP contribution in [0.3, 0.4) is 0 Å². The maximum atomic E-state index is 13.1. The number of nitrogens with zero attached hydrogens (tertiary/aromatic N) is 1. The molecule has 0 spiro atoms. The first kappa shape index (κ1) is 16.8. The number of phenolic OH excluding ortho intramolecular Hbond substituents is 1. The number of phenols is 1. The lowest BCUT2D eigenvalue weighted by atomic mass is 10.1. The molecule has 2 N–H and O–H groups in total. The Morgan fingerprint density at radius 1 is 1.04 bits per heavy atom. The van der Waals surface area contributed by atoms with Crippen LogP contribution in [0.25, 0.3) is 21.8 Å². The van der Waals surface area contributed by atoms with Gasteiger partial charge in [-0.05, 0) is 18.2 Å². The molecule has 0 aliphatic heterocycles. The van der Waals surface area contributed by atoms with Gasteiger partial charge in [0.2, 0.25) is 16.9 Å². The van der Waals surface area contributed by atoms with E-state index >= 15 is 0 Å². The fraction of sp³-hybridized carbons (Fsp3) is 0.278. The molecule has 2 aromatic carbocycles. The molecule has 132 valence electrons. The van der Waals surface area contributed by atoms with Gasteiger partial charge >= 0.3 is 0 Å².